The monoisotopic (exact) mass is 248 g/mol. The largest absolute Gasteiger partial charge is 0.394 e. The third-order valence-corrected chi connectivity index (χ3v) is 3.80. The van der Waals surface area contributed by atoms with E-state index in [2.05, 4.69) is 36.1 Å². The molecule has 1 aliphatic heterocycles. The molecular weight excluding hydrogens is 224 g/mol. The molecule has 0 radical (unpaired) electrons. The van der Waals surface area contributed by atoms with Crippen molar-refractivity contribution < 1.29 is 5.11 Å². The van der Waals surface area contributed by atoms with E-state index in [-0.39, 0.29) is 6.61 Å². The molecule has 2 atom stereocenters. The van der Waals surface area contributed by atoms with E-state index in [1.165, 1.54) is 5.56 Å². The first-order valence-electron chi connectivity index (χ1n) is 6.77. The van der Waals surface area contributed by atoms with Crippen LogP contribution in [0.25, 0.3) is 0 Å². The van der Waals surface area contributed by atoms with Gasteiger partial charge >= 0.3 is 0 Å². The van der Waals surface area contributed by atoms with Gasteiger partial charge in [-0.05, 0) is 30.9 Å². The van der Waals surface area contributed by atoms with Gasteiger partial charge in [0, 0.05) is 13.1 Å². The van der Waals surface area contributed by atoms with E-state index in [9.17, 15) is 5.11 Å². The Balaban J connectivity index is 2.04. The molecule has 1 aliphatic rings. The minimum Gasteiger partial charge on any atom is -0.394 e. The number of benzene rings is 1. The highest BCUT2D eigenvalue weighted by Crippen LogP contribution is 2.24. The zero-order valence-electron chi connectivity index (χ0n) is 11.2. The van der Waals surface area contributed by atoms with E-state index in [1.54, 1.807) is 0 Å². The fraction of sp³-hybridized carbons (Fsp3) is 0.600. The standard InChI is InChI=1S/C15H24N2O/c1-13-7-8-17(11-15(16,9-13)12-18)10-14-5-3-2-4-6-14/h2-6,13,18H,7-12,16H2,1H3. The van der Waals surface area contributed by atoms with Crippen molar-refractivity contribution >= 4 is 0 Å². The summed E-state index contributed by atoms with van der Waals surface area (Å²) in [5.74, 6) is 0.586. The van der Waals surface area contributed by atoms with Crippen LogP contribution in [-0.2, 0) is 6.54 Å². The summed E-state index contributed by atoms with van der Waals surface area (Å²) >= 11 is 0. The van der Waals surface area contributed by atoms with Crippen LogP contribution < -0.4 is 5.73 Å². The van der Waals surface area contributed by atoms with E-state index in [0.29, 0.717) is 5.92 Å². The number of aliphatic hydroxyl groups excluding tert-OH is 1. The van der Waals surface area contributed by atoms with Crippen molar-refractivity contribution in [3.8, 4) is 0 Å². The molecule has 2 unspecified atom stereocenters. The van der Waals surface area contributed by atoms with Crippen molar-refractivity contribution in [3.05, 3.63) is 35.9 Å². The first-order chi connectivity index (χ1) is 8.61. The number of hydrogen-bond donors (Lipinski definition) is 2. The Kier molecular flexibility index (Phi) is 4.38. The van der Waals surface area contributed by atoms with Crippen molar-refractivity contribution in [1.82, 2.24) is 4.90 Å². The lowest BCUT2D eigenvalue weighted by molar-refractivity contribution is 0.138. The molecule has 1 saturated heterocycles. The molecule has 0 aliphatic carbocycles. The van der Waals surface area contributed by atoms with Gasteiger partial charge in [-0.2, -0.15) is 0 Å². The van der Waals surface area contributed by atoms with Gasteiger partial charge in [-0.3, -0.25) is 4.90 Å². The summed E-state index contributed by atoms with van der Waals surface area (Å²) in [5, 5.41) is 9.53. The highest BCUT2D eigenvalue weighted by atomic mass is 16.3. The Labute approximate surface area is 110 Å². The molecule has 3 N–H and O–H groups in total. The van der Waals surface area contributed by atoms with Crippen LogP contribution in [0.5, 0.6) is 0 Å². The Morgan fingerprint density at radius 2 is 2.11 bits per heavy atom. The van der Waals surface area contributed by atoms with Gasteiger partial charge in [0.25, 0.3) is 0 Å². The number of nitrogens with zero attached hydrogens (tertiary/aromatic N) is 1. The lowest BCUT2D eigenvalue weighted by atomic mass is 9.89. The van der Waals surface area contributed by atoms with Gasteiger partial charge in [0.2, 0.25) is 0 Å². The molecule has 1 aromatic rings. The van der Waals surface area contributed by atoms with Crippen molar-refractivity contribution in [3.63, 3.8) is 0 Å². The maximum Gasteiger partial charge on any atom is 0.0623 e. The van der Waals surface area contributed by atoms with E-state index in [1.807, 2.05) is 6.07 Å². The van der Waals surface area contributed by atoms with Gasteiger partial charge < -0.3 is 10.8 Å². The molecule has 100 valence electrons. The number of hydrogen-bond acceptors (Lipinski definition) is 3. The number of likely N-dealkylation sites (tertiary alicyclic amines) is 1. The average molecular weight is 248 g/mol. The van der Waals surface area contributed by atoms with Crippen LogP contribution in [-0.4, -0.2) is 35.2 Å². The molecule has 1 heterocycles. The molecule has 0 bridgehead atoms. The molecule has 0 saturated carbocycles. The highest BCUT2D eigenvalue weighted by Gasteiger charge is 2.32. The fourth-order valence-electron chi connectivity index (χ4n) is 2.88. The molecule has 0 amide bonds. The Bertz CT molecular complexity index is 368. The molecule has 0 aromatic heterocycles. The summed E-state index contributed by atoms with van der Waals surface area (Å²) in [6.45, 7) is 5.07. The predicted molar refractivity (Wildman–Crippen MR) is 74.1 cm³/mol. The Morgan fingerprint density at radius 1 is 1.39 bits per heavy atom. The first-order valence-corrected chi connectivity index (χ1v) is 6.77. The Morgan fingerprint density at radius 3 is 2.78 bits per heavy atom. The summed E-state index contributed by atoms with van der Waals surface area (Å²) in [4.78, 5) is 2.37. The van der Waals surface area contributed by atoms with Gasteiger partial charge in [0.05, 0.1) is 12.1 Å². The molecule has 18 heavy (non-hydrogen) atoms. The number of aliphatic hydroxyl groups is 1. The van der Waals surface area contributed by atoms with E-state index in [0.717, 1.165) is 32.5 Å². The van der Waals surface area contributed by atoms with Crippen LogP contribution in [0.3, 0.4) is 0 Å². The summed E-state index contributed by atoms with van der Waals surface area (Å²) in [6, 6.07) is 10.5. The van der Waals surface area contributed by atoms with Gasteiger partial charge in [-0.25, -0.2) is 0 Å². The third kappa shape index (κ3) is 3.55. The van der Waals surface area contributed by atoms with E-state index >= 15 is 0 Å². The normalized spacial score (nSPS) is 30.1. The molecule has 1 fully saturated rings. The number of nitrogens with two attached hydrogens (primary N) is 1. The minimum absolute atomic E-state index is 0.0721. The predicted octanol–water partition coefficient (Wildman–Crippen LogP) is 1.61. The fourth-order valence-corrected chi connectivity index (χ4v) is 2.88. The quantitative estimate of drug-likeness (QED) is 0.854. The summed E-state index contributed by atoms with van der Waals surface area (Å²) < 4.78 is 0. The maximum absolute atomic E-state index is 9.53. The summed E-state index contributed by atoms with van der Waals surface area (Å²) in [5.41, 5.74) is 7.17. The van der Waals surface area contributed by atoms with Crippen LogP contribution >= 0.6 is 0 Å². The highest BCUT2D eigenvalue weighted by molar-refractivity contribution is 5.14. The molecule has 3 nitrogen and oxygen atoms in total. The lowest BCUT2D eigenvalue weighted by Crippen LogP contribution is -2.52. The second-order valence-corrected chi connectivity index (χ2v) is 5.81. The van der Waals surface area contributed by atoms with Crippen LogP contribution in [0.4, 0.5) is 0 Å². The second-order valence-electron chi connectivity index (χ2n) is 5.81. The summed E-state index contributed by atoms with van der Waals surface area (Å²) in [7, 11) is 0. The van der Waals surface area contributed by atoms with Crippen molar-refractivity contribution in [1.29, 1.82) is 0 Å². The summed E-state index contributed by atoms with van der Waals surface area (Å²) in [6.07, 6.45) is 2.07. The van der Waals surface area contributed by atoms with Gasteiger partial charge in [0.15, 0.2) is 0 Å². The third-order valence-electron chi connectivity index (χ3n) is 3.80. The smallest absolute Gasteiger partial charge is 0.0623 e. The zero-order chi connectivity index (χ0) is 13.0. The van der Waals surface area contributed by atoms with Gasteiger partial charge in [-0.15, -0.1) is 0 Å². The average Bonchev–Trinajstić information content (AvgIpc) is 2.50. The van der Waals surface area contributed by atoms with Crippen molar-refractivity contribution in [2.24, 2.45) is 11.7 Å². The lowest BCUT2D eigenvalue weighted by Gasteiger charge is -2.31. The van der Waals surface area contributed by atoms with Crippen LogP contribution in [0.1, 0.15) is 25.3 Å². The van der Waals surface area contributed by atoms with E-state index < -0.39 is 5.54 Å². The molecular formula is C15H24N2O. The molecule has 0 spiro atoms. The maximum atomic E-state index is 9.53. The van der Waals surface area contributed by atoms with Gasteiger partial charge in [-0.1, -0.05) is 37.3 Å². The van der Waals surface area contributed by atoms with Crippen LogP contribution in [0, 0.1) is 5.92 Å². The number of rotatable bonds is 3. The molecule has 1 aromatic carbocycles. The molecule has 3 heteroatoms. The Hall–Kier alpha value is -0.900. The van der Waals surface area contributed by atoms with Crippen LogP contribution in [0.15, 0.2) is 30.3 Å². The SMILES string of the molecule is CC1CCN(Cc2ccccc2)CC(N)(CO)C1. The van der Waals surface area contributed by atoms with Crippen molar-refractivity contribution in [2.45, 2.75) is 31.8 Å². The second kappa shape index (κ2) is 5.83. The minimum atomic E-state index is -0.440. The topological polar surface area (TPSA) is 49.5 Å². The zero-order valence-corrected chi connectivity index (χ0v) is 11.2. The van der Waals surface area contributed by atoms with Crippen molar-refractivity contribution in [2.75, 3.05) is 19.7 Å². The van der Waals surface area contributed by atoms with E-state index in [4.69, 9.17) is 5.73 Å². The van der Waals surface area contributed by atoms with Crippen LogP contribution in [0.2, 0.25) is 0 Å². The van der Waals surface area contributed by atoms with Gasteiger partial charge in [0.1, 0.15) is 0 Å². The molecule has 2 rings (SSSR count). The first kappa shape index (κ1) is 13.5.